The molecule has 0 radical (unpaired) electrons. The molecular formula is C24H19N5O2. The number of aromatic amines is 1. The summed E-state index contributed by atoms with van der Waals surface area (Å²) in [6.45, 7) is -0.118. The summed E-state index contributed by atoms with van der Waals surface area (Å²) in [4.78, 5) is 32.3. The summed E-state index contributed by atoms with van der Waals surface area (Å²) in [6, 6.07) is 22.7. The molecule has 0 fully saturated rings. The molecule has 0 saturated carbocycles. The van der Waals surface area contributed by atoms with E-state index in [1.54, 1.807) is 24.7 Å². The molecule has 0 bridgehead atoms. The molecule has 5 aromatic rings. The molecule has 3 aromatic carbocycles. The van der Waals surface area contributed by atoms with Crippen LogP contribution in [0, 0.1) is 0 Å². The van der Waals surface area contributed by atoms with Crippen molar-refractivity contribution in [3.8, 4) is 5.69 Å². The monoisotopic (exact) mass is 409 g/mol. The predicted octanol–water partition coefficient (Wildman–Crippen LogP) is 3.88. The van der Waals surface area contributed by atoms with Crippen molar-refractivity contribution >= 4 is 39.4 Å². The Hall–Kier alpha value is -4.39. The van der Waals surface area contributed by atoms with Gasteiger partial charge in [0.1, 0.15) is 6.33 Å². The zero-order valence-corrected chi connectivity index (χ0v) is 16.5. The summed E-state index contributed by atoms with van der Waals surface area (Å²) in [5.41, 5.74) is 4.94. The normalized spacial score (nSPS) is 11.0. The molecule has 7 nitrogen and oxygen atoms in total. The third-order valence-corrected chi connectivity index (χ3v) is 5.13. The molecule has 0 spiro atoms. The molecule has 0 saturated heterocycles. The number of nitrogens with zero attached hydrogens (tertiary/aromatic N) is 2. The van der Waals surface area contributed by atoms with Gasteiger partial charge in [-0.25, -0.2) is 4.98 Å². The lowest BCUT2D eigenvalue weighted by Gasteiger charge is -2.09. The number of rotatable bonds is 5. The highest BCUT2D eigenvalue weighted by molar-refractivity contribution is 6.07. The summed E-state index contributed by atoms with van der Waals surface area (Å²) >= 11 is 0. The van der Waals surface area contributed by atoms with E-state index in [9.17, 15) is 9.59 Å². The van der Waals surface area contributed by atoms with Gasteiger partial charge in [-0.05, 0) is 54.6 Å². The Morgan fingerprint density at radius 2 is 1.77 bits per heavy atom. The Bertz CT molecular complexity index is 1400. The number of nitrogens with one attached hydrogen (secondary N) is 3. The number of benzene rings is 3. The van der Waals surface area contributed by atoms with E-state index in [4.69, 9.17) is 0 Å². The first kappa shape index (κ1) is 18.6. The van der Waals surface area contributed by atoms with Crippen molar-refractivity contribution in [3.05, 3.63) is 90.9 Å². The number of carbonyl (C=O) groups is 2. The van der Waals surface area contributed by atoms with E-state index in [1.807, 2.05) is 65.2 Å². The summed E-state index contributed by atoms with van der Waals surface area (Å²) in [5.74, 6) is -0.585. The Labute approximate surface area is 177 Å². The lowest BCUT2D eigenvalue weighted by molar-refractivity contribution is -0.115. The zero-order valence-electron chi connectivity index (χ0n) is 16.5. The highest BCUT2D eigenvalue weighted by Gasteiger charge is 2.12. The van der Waals surface area contributed by atoms with Crippen molar-refractivity contribution in [2.45, 2.75) is 0 Å². The van der Waals surface area contributed by atoms with Gasteiger partial charge >= 0.3 is 0 Å². The van der Waals surface area contributed by atoms with Crippen molar-refractivity contribution in [3.63, 3.8) is 0 Å². The molecule has 2 amide bonds. The van der Waals surface area contributed by atoms with Gasteiger partial charge in [0, 0.05) is 34.0 Å². The van der Waals surface area contributed by atoms with Gasteiger partial charge in [-0.1, -0.05) is 18.2 Å². The number of anilines is 1. The molecule has 152 valence electrons. The van der Waals surface area contributed by atoms with Crippen LogP contribution >= 0.6 is 0 Å². The fourth-order valence-corrected chi connectivity index (χ4v) is 3.61. The van der Waals surface area contributed by atoms with Crippen molar-refractivity contribution in [1.29, 1.82) is 0 Å². The molecule has 0 aliphatic carbocycles. The maximum atomic E-state index is 12.5. The van der Waals surface area contributed by atoms with Gasteiger partial charge in [0.15, 0.2) is 0 Å². The number of para-hydroxylation sites is 2. The number of aromatic nitrogens is 3. The van der Waals surface area contributed by atoms with Crippen LogP contribution in [0.15, 0.2) is 85.3 Å². The van der Waals surface area contributed by atoms with Crippen LogP contribution in [-0.4, -0.2) is 32.9 Å². The highest BCUT2D eigenvalue weighted by atomic mass is 16.2. The smallest absolute Gasteiger partial charge is 0.252 e. The first-order valence-corrected chi connectivity index (χ1v) is 9.86. The fraction of sp³-hybridized carbons (Fsp3) is 0.0417. The minimum absolute atomic E-state index is 0.118. The van der Waals surface area contributed by atoms with Crippen LogP contribution in [0.3, 0.4) is 0 Å². The van der Waals surface area contributed by atoms with E-state index in [-0.39, 0.29) is 18.4 Å². The van der Waals surface area contributed by atoms with Crippen LogP contribution in [0.4, 0.5) is 5.69 Å². The fourth-order valence-electron chi connectivity index (χ4n) is 3.61. The second-order valence-electron chi connectivity index (χ2n) is 7.13. The summed E-state index contributed by atoms with van der Waals surface area (Å²) in [7, 11) is 0. The van der Waals surface area contributed by atoms with E-state index < -0.39 is 0 Å². The number of H-pyrrole nitrogens is 1. The van der Waals surface area contributed by atoms with Gasteiger partial charge in [0.2, 0.25) is 5.91 Å². The number of hydrogen-bond acceptors (Lipinski definition) is 3. The molecule has 0 atom stereocenters. The van der Waals surface area contributed by atoms with Gasteiger partial charge in [-0.15, -0.1) is 0 Å². The maximum absolute atomic E-state index is 12.5. The van der Waals surface area contributed by atoms with Crippen molar-refractivity contribution in [2.24, 2.45) is 0 Å². The number of carbonyl (C=O) groups excluding carboxylic acids is 2. The first-order valence-electron chi connectivity index (χ1n) is 9.86. The van der Waals surface area contributed by atoms with Gasteiger partial charge < -0.3 is 15.6 Å². The van der Waals surface area contributed by atoms with Crippen molar-refractivity contribution < 1.29 is 9.59 Å². The Morgan fingerprint density at radius 1 is 0.935 bits per heavy atom. The van der Waals surface area contributed by atoms with E-state index in [0.717, 1.165) is 27.6 Å². The lowest BCUT2D eigenvalue weighted by Crippen LogP contribution is -2.32. The van der Waals surface area contributed by atoms with E-state index in [2.05, 4.69) is 20.6 Å². The van der Waals surface area contributed by atoms with Crippen LogP contribution in [-0.2, 0) is 4.79 Å². The summed E-state index contributed by atoms with van der Waals surface area (Å²) in [6.07, 6.45) is 3.56. The second-order valence-corrected chi connectivity index (χ2v) is 7.13. The molecule has 2 heterocycles. The lowest BCUT2D eigenvalue weighted by atomic mass is 10.1. The predicted molar refractivity (Wildman–Crippen MR) is 120 cm³/mol. The standard InChI is InChI=1S/C24H19N5O2/c30-23(14-26-24(31)19-4-3-6-20-18(19)12-13-25-20)28-16-8-10-17(11-9-16)29-15-27-21-5-1-2-7-22(21)29/h1-13,15,25H,14H2,(H,26,31)(H,28,30). The van der Waals surface area contributed by atoms with Gasteiger partial charge in [0.25, 0.3) is 5.91 Å². The molecular weight excluding hydrogens is 390 g/mol. The van der Waals surface area contributed by atoms with Gasteiger partial charge in [-0.2, -0.15) is 0 Å². The third kappa shape index (κ3) is 3.64. The molecule has 5 rings (SSSR count). The molecule has 0 aliphatic heterocycles. The Balaban J connectivity index is 1.23. The molecule has 3 N–H and O–H groups in total. The average Bonchev–Trinajstić information content (AvgIpc) is 3.45. The van der Waals surface area contributed by atoms with Crippen LogP contribution in [0.5, 0.6) is 0 Å². The minimum Gasteiger partial charge on any atom is -0.361 e. The topological polar surface area (TPSA) is 91.8 Å². The largest absolute Gasteiger partial charge is 0.361 e. The SMILES string of the molecule is O=C(CNC(=O)c1cccc2[nH]ccc12)Nc1ccc(-n2cnc3ccccc32)cc1. The van der Waals surface area contributed by atoms with Gasteiger partial charge in [0.05, 0.1) is 17.6 Å². The highest BCUT2D eigenvalue weighted by Crippen LogP contribution is 2.20. The van der Waals surface area contributed by atoms with Crippen molar-refractivity contribution in [1.82, 2.24) is 19.9 Å². The van der Waals surface area contributed by atoms with Crippen LogP contribution in [0.2, 0.25) is 0 Å². The van der Waals surface area contributed by atoms with Crippen LogP contribution in [0.1, 0.15) is 10.4 Å². The van der Waals surface area contributed by atoms with E-state index in [1.165, 1.54) is 0 Å². The Morgan fingerprint density at radius 3 is 2.65 bits per heavy atom. The van der Waals surface area contributed by atoms with E-state index >= 15 is 0 Å². The average molecular weight is 409 g/mol. The maximum Gasteiger partial charge on any atom is 0.252 e. The molecule has 0 unspecified atom stereocenters. The molecule has 2 aromatic heterocycles. The minimum atomic E-state index is -0.296. The van der Waals surface area contributed by atoms with Crippen molar-refractivity contribution in [2.75, 3.05) is 11.9 Å². The zero-order chi connectivity index (χ0) is 21.2. The van der Waals surface area contributed by atoms with Gasteiger partial charge in [-0.3, -0.25) is 14.2 Å². The quantitative estimate of drug-likeness (QED) is 0.411. The second kappa shape index (κ2) is 7.79. The van der Waals surface area contributed by atoms with Crippen LogP contribution < -0.4 is 10.6 Å². The number of hydrogen-bond donors (Lipinski definition) is 3. The molecule has 0 aliphatic rings. The first-order chi connectivity index (χ1) is 15.2. The van der Waals surface area contributed by atoms with Crippen LogP contribution in [0.25, 0.3) is 27.6 Å². The third-order valence-electron chi connectivity index (χ3n) is 5.13. The molecule has 7 heteroatoms. The number of amides is 2. The van der Waals surface area contributed by atoms with E-state index in [0.29, 0.717) is 11.3 Å². The number of fused-ring (bicyclic) bond motifs is 2. The summed E-state index contributed by atoms with van der Waals surface area (Å²) < 4.78 is 1.99. The summed E-state index contributed by atoms with van der Waals surface area (Å²) in [5, 5.41) is 6.31. The molecule has 31 heavy (non-hydrogen) atoms. The Kier molecular flexibility index (Phi) is 4.68. The number of imidazole rings is 1.